The molecule has 4 nitrogen and oxygen atoms in total. The zero-order chi connectivity index (χ0) is 13.2. The number of hydrogen-bond donors (Lipinski definition) is 0. The van der Waals surface area contributed by atoms with E-state index >= 15 is 0 Å². The van der Waals surface area contributed by atoms with Crippen molar-refractivity contribution in [2.24, 2.45) is 0 Å². The Hall–Kier alpha value is -1.59. The molecule has 0 spiro atoms. The van der Waals surface area contributed by atoms with Crippen LogP contribution in [0.2, 0.25) is 0 Å². The van der Waals surface area contributed by atoms with E-state index in [2.05, 4.69) is 4.98 Å². The molecule has 0 fully saturated rings. The summed E-state index contributed by atoms with van der Waals surface area (Å²) in [6, 6.07) is 10.2. The van der Waals surface area contributed by atoms with E-state index in [9.17, 15) is 8.42 Å². The standard InChI is InChI=1S/C12H10ClNO3S/c1-9-2-4-10(5-3-9)17-12-7-6-11(8-14-12)18(13,15)16/h2-8H,1H3. The first-order chi connectivity index (χ1) is 8.45. The van der Waals surface area contributed by atoms with Crippen LogP contribution in [-0.4, -0.2) is 13.4 Å². The summed E-state index contributed by atoms with van der Waals surface area (Å²) in [5, 5.41) is 0. The molecule has 0 radical (unpaired) electrons. The number of benzene rings is 1. The number of ether oxygens (including phenoxy) is 1. The fraction of sp³-hybridized carbons (Fsp3) is 0.0833. The van der Waals surface area contributed by atoms with Crippen LogP contribution in [0.3, 0.4) is 0 Å². The molecule has 0 aliphatic rings. The van der Waals surface area contributed by atoms with Crippen LogP contribution in [0.5, 0.6) is 11.6 Å². The van der Waals surface area contributed by atoms with E-state index < -0.39 is 9.05 Å². The summed E-state index contributed by atoms with van der Waals surface area (Å²) in [5.41, 5.74) is 1.12. The highest BCUT2D eigenvalue weighted by atomic mass is 35.7. The molecular formula is C12H10ClNO3S. The van der Waals surface area contributed by atoms with Crippen molar-refractivity contribution in [1.29, 1.82) is 0 Å². The molecule has 94 valence electrons. The predicted octanol–water partition coefficient (Wildman–Crippen LogP) is 3.11. The molecule has 0 aliphatic heterocycles. The Kier molecular flexibility index (Phi) is 3.54. The van der Waals surface area contributed by atoms with Crippen LogP contribution in [0.15, 0.2) is 47.5 Å². The highest BCUT2D eigenvalue weighted by Gasteiger charge is 2.10. The van der Waals surface area contributed by atoms with Crippen molar-refractivity contribution < 1.29 is 13.2 Å². The van der Waals surface area contributed by atoms with Crippen LogP contribution in [0, 0.1) is 6.92 Å². The molecule has 1 aromatic carbocycles. The van der Waals surface area contributed by atoms with Gasteiger partial charge in [0.1, 0.15) is 10.6 Å². The lowest BCUT2D eigenvalue weighted by Crippen LogP contribution is -1.93. The molecule has 0 bridgehead atoms. The molecule has 0 unspecified atom stereocenters. The zero-order valence-corrected chi connectivity index (χ0v) is 11.1. The van der Waals surface area contributed by atoms with Gasteiger partial charge in [-0.25, -0.2) is 13.4 Å². The maximum atomic E-state index is 11.0. The Labute approximate surface area is 110 Å². The second kappa shape index (κ2) is 4.96. The van der Waals surface area contributed by atoms with Gasteiger partial charge in [-0.1, -0.05) is 17.7 Å². The van der Waals surface area contributed by atoms with Gasteiger partial charge >= 0.3 is 0 Å². The second-order valence-corrected chi connectivity index (χ2v) is 6.25. The first-order valence-electron chi connectivity index (χ1n) is 5.10. The van der Waals surface area contributed by atoms with Gasteiger partial charge in [-0.3, -0.25) is 0 Å². The Balaban J connectivity index is 2.18. The molecule has 1 aromatic heterocycles. The largest absolute Gasteiger partial charge is 0.439 e. The number of aromatic nitrogens is 1. The third kappa shape index (κ3) is 3.21. The van der Waals surface area contributed by atoms with Crippen LogP contribution in [0.1, 0.15) is 5.56 Å². The van der Waals surface area contributed by atoms with E-state index in [1.807, 2.05) is 31.2 Å². The van der Waals surface area contributed by atoms with Crippen molar-refractivity contribution in [3.8, 4) is 11.6 Å². The van der Waals surface area contributed by atoms with Gasteiger partial charge in [-0.2, -0.15) is 0 Å². The number of pyridine rings is 1. The normalized spacial score (nSPS) is 11.2. The third-order valence-corrected chi connectivity index (χ3v) is 3.57. The van der Waals surface area contributed by atoms with Gasteiger partial charge in [0.05, 0.1) is 6.20 Å². The molecule has 0 aliphatic carbocycles. The lowest BCUT2D eigenvalue weighted by Gasteiger charge is -2.05. The highest BCUT2D eigenvalue weighted by Crippen LogP contribution is 2.21. The Morgan fingerprint density at radius 1 is 1.11 bits per heavy atom. The number of rotatable bonds is 3. The molecular weight excluding hydrogens is 274 g/mol. The van der Waals surface area contributed by atoms with Gasteiger partial charge in [0.2, 0.25) is 5.88 Å². The molecule has 1 heterocycles. The van der Waals surface area contributed by atoms with E-state index in [1.54, 1.807) is 0 Å². The number of halogens is 1. The van der Waals surface area contributed by atoms with Crippen LogP contribution in [-0.2, 0) is 9.05 Å². The van der Waals surface area contributed by atoms with Gasteiger partial charge in [-0.05, 0) is 25.1 Å². The molecule has 18 heavy (non-hydrogen) atoms. The minimum Gasteiger partial charge on any atom is -0.439 e. The summed E-state index contributed by atoms with van der Waals surface area (Å²) in [7, 11) is 1.44. The average molecular weight is 284 g/mol. The molecule has 0 saturated carbocycles. The molecule has 2 rings (SSSR count). The van der Waals surface area contributed by atoms with Crippen molar-refractivity contribution in [2.45, 2.75) is 11.8 Å². The van der Waals surface area contributed by atoms with Gasteiger partial charge in [0.25, 0.3) is 9.05 Å². The monoisotopic (exact) mass is 283 g/mol. The Morgan fingerprint density at radius 2 is 1.78 bits per heavy atom. The summed E-state index contributed by atoms with van der Waals surface area (Å²) < 4.78 is 27.5. The third-order valence-electron chi connectivity index (χ3n) is 2.23. The van der Waals surface area contributed by atoms with Gasteiger partial charge < -0.3 is 4.74 Å². The zero-order valence-electron chi connectivity index (χ0n) is 9.50. The summed E-state index contributed by atoms with van der Waals surface area (Å²) in [4.78, 5) is 3.82. The minimum atomic E-state index is -3.74. The Morgan fingerprint density at radius 3 is 2.28 bits per heavy atom. The van der Waals surface area contributed by atoms with E-state index in [1.165, 1.54) is 12.1 Å². The minimum absolute atomic E-state index is 0.0552. The predicted molar refractivity (Wildman–Crippen MR) is 68.5 cm³/mol. The van der Waals surface area contributed by atoms with Crippen molar-refractivity contribution in [3.63, 3.8) is 0 Å². The number of hydrogen-bond acceptors (Lipinski definition) is 4. The molecule has 0 N–H and O–H groups in total. The van der Waals surface area contributed by atoms with Crippen LogP contribution in [0.25, 0.3) is 0 Å². The van der Waals surface area contributed by atoms with Gasteiger partial charge in [0, 0.05) is 16.7 Å². The summed E-state index contributed by atoms with van der Waals surface area (Å²) >= 11 is 0. The van der Waals surface area contributed by atoms with Crippen molar-refractivity contribution in [1.82, 2.24) is 4.98 Å². The lowest BCUT2D eigenvalue weighted by molar-refractivity contribution is 0.462. The topological polar surface area (TPSA) is 56.3 Å². The molecule has 0 saturated heterocycles. The van der Waals surface area contributed by atoms with Gasteiger partial charge in [-0.15, -0.1) is 0 Å². The fourth-order valence-electron chi connectivity index (χ4n) is 1.30. The Bertz CT molecular complexity index is 636. The first-order valence-corrected chi connectivity index (χ1v) is 7.41. The molecule has 0 atom stereocenters. The van der Waals surface area contributed by atoms with Crippen LogP contribution >= 0.6 is 10.7 Å². The van der Waals surface area contributed by atoms with Gasteiger partial charge in [0.15, 0.2) is 0 Å². The van der Waals surface area contributed by atoms with E-state index in [-0.39, 0.29) is 4.90 Å². The first kappa shape index (κ1) is 12.9. The quantitative estimate of drug-likeness (QED) is 0.812. The maximum Gasteiger partial charge on any atom is 0.262 e. The van der Waals surface area contributed by atoms with E-state index in [0.717, 1.165) is 11.8 Å². The second-order valence-electron chi connectivity index (χ2n) is 3.69. The highest BCUT2D eigenvalue weighted by molar-refractivity contribution is 8.13. The summed E-state index contributed by atoms with van der Waals surface area (Å²) in [5.74, 6) is 0.942. The number of nitrogens with zero attached hydrogens (tertiary/aromatic N) is 1. The maximum absolute atomic E-state index is 11.0. The van der Waals surface area contributed by atoms with Crippen molar-refractivity contribution in [2.75, 3.05) is 0 Å². The smallest absolute Gasteiger partial charge is 0.262 e. The SMILES string of the molecule is Cc1ccc(Oc2ccc(S(=O)(=O)Cl)cn2)cc1. The summed E-state index contributed by atoms with van der Waals surface area (Å²) in [6.07, 6.45) is 1.16. The summed E-state index contributed by atoms with van der Waals surface area (Å²) in [6.45, 7) is 1.97. The van der Waals surface area contributed by atoms with Crippen molar-refractivity contribution in [3.05, 3.63) is 48.2 Å². The van der Waals surface area contributed by atoms with Crippen LogP contribution < -0.4 is 4.74 Å². The average Bonchev–Trinajstić information content (AvgIpc) is 2.32. The van der Waals surface area contributed by atoms with E-state index in [0.29, 0.717) is 11.6 Å². The fourth-order valence-corrected chi connectivity index (χ4v) is 1.98. The van der Waals surface area contributed by atoms with Crippen molar-refractivity contribution >= 4 is 19.7 Å². The molecule has 6 heteroatoms. The lowest BCUT2D eigenvalue weighted by atomic mass is 10.2. The van der Waals surface area contributed by atoms with E-state index in [4.69, 9.17) is 15.4 Å². The molecule has 2 aromatic rings. The van der Waals surface area contributed by atoms with Crippen LogP contribution in [0.4, 0.5) is 0 Å². The molecule has 0 amide bonds. The number of aryl methyl sites for hydroxylation is 1.